The van der Waals surface area contributed by atoms with E-state index in [1.807, 2.05) is 0 Å². The van der Waals surface area contributed by atoms with E-state index in [1.165, 1.54) is 0 Å². The molecule has 8 heteroatoms. The van der Waals surface area contributed by atoms with Crippen LogP contribution in [0.5, 0.6) is 5.75 Å². The molecule has 0 aliphatic rings. The average molecular weight is 242 g/mol. The molecule has 0 aliphatic carbocycles. The van der Waals surface area contributed by atoms with Gasteiger partial charge >= 0.3 is 6.36 Å². The van der Waals surface area contributed by atoms with Gasteiger partial charge < -0.3 is 16.2 Å². The van der Waals surface area contributed by atoms with Gasteiger partial charge in [-0.2, -0.15) is 0 Å². The Bertz CT molecular complexity index is 369. The van der Waals surface area contributed by atoms with Crippen molar-refractivity contribution in [2.75, 3.05) is 5.73 Å². The Morgan fingerprint density at radius 3 is 2.53 bits per heavy atom. The number of pyridine rings is 1. The summed E-state index contributed by atoms with van der Waals surface area (Å²) in [7, 11) is 0. The smallest absolute Gasteiger partial charge is 0.402 e. The number of rotatable bonds is 2. The standard InChI is InChI=1S/C7H7ClF3N3O/c8-5-4(15-7(9,10)11)2-14-3(1-12)6(5)13/h2H,1,12-13H2. The van der Waals surface area contributed by atoms with Crippen molar-refractivity contribution in [2.45, 2.75) is 12.9 Å². The Balaban J connectivity index is 3.07. The normalized spacial score (nSPS) is 11.5. The van der Waals surface area contributed by atoms with Crippen LogP contribution in [-0.4, -0.2) is 11.3 Å². The van der Waals surface area contributed by atoms with Crippen LogP contribution in [0.25, 0.3) is 0 Å². The monoisotopic (exact) mass is 241 g/mol. The number of nitrogen functional groups attached to an aromatic ring is 1. The van der Waals surface area contributed by atoms with Gasteiger partial charge in [0.2, 0.25) is 0 Å². The van der Waals surface area contributed by atoms with E-state index in [1.54, 1.807) is 0 Å². The summed E-state index contributed by atoms with van der Waals surface area (Å²) < 4.78 is 39.2. The van der Waals surface area contributed by atoms with E-state index in [0.29, 0.717) is 0 Å². The van der Waals surface area contributed by atoms with Gasteiger partial charge in [-0.25, -0.2) is 0 Å². The third kappa shape index (κ3) is 2.87. The number of aromatic nitrogens is 1. The van der Waals surface area contributed by atoms with E-state index in [4.69, 9.17) is 23.1 Å². The minimum absolute atomic E-state index is 0.0160. The highest BCUT2D eigenvalue weighted by Gasteiger charge is 2.32. The molecule has 0 radical (unpaired) electrons. The molecule has 0 saturated carbocycles. The second-order valence-electron chi connectivity index (χ2n) is 2.55. The fraction of sp³-hybridized carbons (Fsp3) is 0.286. The van der Waals surface area contributed by atoms with Crippen molar-refractivity contribution in [3.63, 3.8) is 0 Å². The number of hydrogen-bond acceptors (Lipinski definition) is 4. The topological polar surface area (TPSA) is 74.2 Å². The quantitative estimate of drug-likeness (QED) is 0.826. The van der Waals surface area contributed by atoms with Crippen LogP contribution in [0.2, 0.25) is 5.02 Å². The maximum Gasteiger partial charge on any atom is 0.573 e. The third-order valence-electron chi connectivity index (χ3n) is 1.52. The van der Waals surface area contributed by atoms with Crippen LogP contribution < -0.4 is 16.2 Å². The van der Waals surface area contributed by atoms with E-state index in [-0.39, 0.29) is 22.9 Å². The van der Waals surface area contributed by atoms with E-state index in [2.05, 4.69) is 9.72 Å². The molecule has 0 atom stereocenters. The van der Waals surface area contributed by atoms with Gasteiger partial charge in [-0.1, -0.05) is 11.6 Å². The molecule has 0 bridgehead atoms. The number of alkyl halides is 3. The lowest BCUT2D eigenvalue weighted by molar-refractivity contribution is -0.274. The van der Waals surface area contributed by atoms with Gasteiger partial charge in [-0.15, -0.1) is 13.2 Å². The first-order chi connectivity index (χ1) is 6.85. The molecule has 0 fully saturated rings. The van der Waals surface area contributed by atoms with Crippen molar-refractivity contribution < 1.29 is 17.9 Å². The molecule has 1 aromatic heterocycles. The Kier molecular flexibility index (Phi) is 3.25. The summed E-state index contributed by atoms with van der Waals surface area (Å²) in [6, 6.07) is 0. The molecule has 0 saturated heterocycles. The van der Waals surface area contributed by atoms with Crippen molar-refractivity contribution in [1.82, 2.24) is 4.98 Å². The van der Waals surface area contributed by atoms with Crippen molar-refractivity contribution in [3.05, 3.63) is 16.9 Å². The lowest BCUT2D eigenvalue weighted by Crippen LogP contribution is -2.18. The number of anilines is 1. The number of halogens is 4. The molecule has 0 amide bonds. The summed E-state index contributed by atoms with van der Waals surface area (Å²) in [6.07, 6.45) is -4.00. The van der Waals surface area contributed by atoms with E-state index in [9.17, 15) is 13.2 Å². The SMILES string of the molecule is NCc1ncc(OC(F)(F)F)c(Cl)c1N. The Morgan fingerprint density at radius 2 is 2.07 bits per heavy atom. The number of ether oxygens (including phenoxy) is 1. The molecular weight excluding hydrogens is 235 g/mol. The molecular formula is C7H7ClF3N3O. The summed E-state index contributed by atoms with van der Waals surface area (Å²) >= 11 is 5.54. The molecule has 0 spiro atoms. The lowest BCUT2D eigenvalue weighted by Gasteiger charge is -2.12. The predicted octanol–water partition coefficient (Wildman–Crippen LogP) is 1.67. The summed E-state index contributed by atoms with van der Waals surface area (Å²) in [6.45, 7) is -0.0160. The second-order valence-corrected chi connectivity index (χ2v) is 2.93. The Labute approximate surface area is 88.0 Å². The fourth-order valence-corrected chi connectivity index (χ4v) is 1.08. The zero-order chi connectivity index (χ0) is 11.6. The second kappa shape index (κ2) is 4.11. The molecule has 1 rings (SSSR count). The summed E-state index contributed by atoms with van der Waals surface area (Å²) in [5, 5.41) is -0.345. The van der Waals surface area contributed by atoms with Gasteiger partial charge in [0, 0.05) is 6.54 Å². The molecule has 84 valence electrons. The van der Waals surface area contributed by atoms with Crippen molar-refractivity contribution in [2.24, 2.45) is 5.73 Å². The predicted molar refractivity (Wildman–Crippen MR) is 48.2 cm³/mol. The molecule has 0 unspecified atom stereocenters. The molecule has 4 N–H and O–H groups in total. The first-order valence-electron chi connectivity index (χ1n) is 3.74. The third-order valence-corrected chi connectivity index (χ3v) is 1.91. The molecule has 0 aromatic carbocycles. The van der Waals surface area contributed by atoms with E-state index >= 15 is 0 Å². The van der Waals surface area contributed by atoms with Crippen molar-refractivity contribution in [3.8, 4) is 5.75 Å². The highest BCUT2D eigenvalue weighted by Crippen LogP contribution is 2.34. The minimum Gasteiger partial charge on any atom is -0.402 e. The number of nitrogens with zero attached hydrogens (tertiary/aromatic N) is 1. The van der Waals surface area contributed by atoms with Crippen LogP contribution in [0.3, 0.4) is 0 Å². The average Bonchev–Trinajstić information content (AvgIpc) is 2.11. The van der Waals surface area contributed by atoms with E-state index < -0.39 is 12.1 Å². The van der Waals surface area contributed by atoms with Gasteiger partial charge in [0.15, 0.2) is 5.75 Å². The zero-order valence-electron chi connectivity index (χ0n) is 7.31. The van der Waals surface area contributed by atoms with Gasteiger partial charge in [0.25, 0.3) is 0 Å². The van der Waals surface area contributed by atoms with Crippen LogP contribution in [0.15, 0.2) is 6.20 Å². The van der Waals surface area contributed by atoms with Crippen LogP contribution in [0, 0.1) is 0 Å². The van der Waals surface area contributed by atoms with Gasteiger partial charge in [-0.05, 0) is 0 Å². The van der Waals surface area contributed by atoms with Crippen LogP contribution in [0.1, 0.15) is 5.69 Å². The number of nitrogens with two attached hydrogens (primary N) is 2. The molecule has 1 aromatic rings. The van der Waals surface area contributed by atoms with Gasteiger partial charge in [-0.3, -0.25) is 4.98 Å². The maximum absolute atomic E-state index is 11.9. The largest absolute Gasteiger partial charge is 0.573 e. The zero-order valence-corrected chi connectivity index (χ0v) is 8.06. The van der Waals surface area contributed by atoms with Crippen molar-refractivity contribution in [1.29, 1.82) is 0 Å². The Hall–Kier alpha value is -1.21. The van der Waals surface area contributed by atoms with Gasteiger partial charge in [0.05, 0.1) is 17.6 Å². The number of hydrogen-bond donors (Lipinski definition) is 2. The molecule has 0 aliphatic heterocycles. The maximum atomic E-state index is 11.9. The summed E-state index contributed by atoms with van der Waals surface area (Å²) in [5.41, 5.74) is 10.7. The van der Waals surface area contributed by atoms with Gasteiger partial charge in [0.1, 0.15) is 5.02 Å². The highest BCUT2D eigenvalue weighted by atomic mass is 35.5. The summed E-state index contributed by atoms with van der Waals surface area (Å²) in [5.74, 6) is -0.640. The molecule has 15 heavy (non-hydrogen) atoms. The van der Waals surface area contributed by atoms with Crippen LogP contribution in [-0.2, 0) is 6.54 Å². The molecule has 4 nitrogen and oxygen atoms in total. The van der Waals surface area contributed by atoms with Crippen LogP contribution >= 0.6 is 11.6 Å². The first-order valence-corrected chi connectivity index (χ1v) is 4.11. The minimum atomic E-state index is -4.83. The van der Waals surface area contributed by atoms with Crippen LogP contribution in [0.4, 0.5) is 18.9 Å². The summed E-state index contributed by atoms with van der Waals surface area (Å²) in [4.78, 5) is 3.58. The Morgan fingerprint density at radius 1 is 1.47 bits per heavy atom. The molecule has 1 heterocycles. The lowest BCUT2D eigenvalue weighted by atomic mass is 10.3. The van der Waals surface area contributed by atoms with Crippen molar-refractivity contribution >= 4 is 17.3 Å². The first kappa shape index (κ1) is 11.9. The highest BCUT2D eigenvalue weighted by molar-refractivity contribution is 6.34. The van der Waals surface area contributed by atoms with E-state index in [0.717, 1.165) is 6.20 Å². The fourth-order valence-electron chi connectivity index (χ4n) is 0.881.